The van der Waals surface area contributed by atoms with Gasteiger partial charge in [0, 0.05) is 10.6 Å². The molecule has 0 aromatic heterocycles. The molecule has 16 heavy (non-hydrogen) atoms. The van der Waals surface area contributed by atoms with Crippen LogP contribution in [0.3, 0.4) is 0 Å². The van der Waals surface area contributed by atoms with Crippen LogP contribution in [0.2, 0.25) is 0 Å². The lowest BCUT2D eigenvalue weighted by molar-refractivity contribution is -0.113. The Balaban J connectivity index is 2.46. The number of nitrogens with one attached hydrogen (secondary N) is 1. The average Bonchev–Trinajstić information content (AvgIpc) is 2.29. The van der Waals surface area contributed by atoms with Crippen molar-refractivity contribution >= 4 is 35.1 Å². The van der Waals surface area contributed by atoms with Gasteiger partial charge >= 0.3 is 0 Å². The van der Waals surface area contributed by atoms with Crippen LogP contribution in [0.4, 0.5) is 5.69 Å². The summed E-state index contributed by atoms with van der Waals surface area (Å²) in [5.41, 5.74) is 0.800. The maximum atomic E-state index is 11.4. The lowest BCUT2D eigenvalue weighted by Gasteiger charge is -2.05. The molecule has 1 amide bonds. The number of anilines is 1. The predicted molar refractivity (Wildman–Crippen MR) is 69.8 cm³/mol. The van der Waals surface area contributed by atoms with Gasteiger partial charge in [-0.1, -0.05) is 6.07 Å². The molecule has 0 spiro atoms. The van der Waals surface area contributed by atoms with E-state index in [1.165, 1.54) is 11.8 Å². The molecule has 1 aromatic rings. The van der Waals surface area contributed by atoms with Crippen LogP contribution >= 0.6 is 23.5 Å². The lowest BCUT2D eigenvalue weighted by Crippen LogP contribution is -2.14. The summed E-state index contributed by atoms with van der Waals surface area (Å²) in [6.45, 7) is 0. The summed E-state index contributed by atoms with van der Waals surface area (Å²) in [4.78, 5) is 12.6. The molecule has 0 bridgehead atoms. The van der Waals surface area contributed by atoms with Crippen molar-refractivity contribution < 1.29 is 4.79 Å². The molecule has 1 aromatic carbocycles. The van der Waals surface area contributed by atoms with Gasteiger partial charge in [-0.15, -0.1) is 23.5 Å². The number of hydrogen-bond donors (Lipinski definition) is 1. The molecular weight excluding hydrogens is 240 g/mol. The van der Waals surface area contributed by atoms with Crippen molar-refractivity contribution in [1.82, 2.24) is 0 Å². The maximum absolute atomic E-state index is 11.4. The van der Waals surface area contributed by atoms with Gasteiger partial charge in [0.25, 0.3) is 0 Å². The first-order valence-corrected chi connectivity index (χ1v) is 7.03. The first-order valence-electron chi connectivity index (χ1n) is 4.65. The predicted octanol–water partition coefficient (Wildman–Crippen LogP) is 2.60. The average molecular weight is 252 g/mol. The molecular formula is C11H12N2OS2. The zero-order chi connectivity index (χ0) is 11.8. The number of carbonyl (C=O) groups is 1. The number of rotatable bonds is 5. The molecule has 0 aliphatic carbocycles. The molecule has 1 rings (SSSR count). The summed E-state index contributed by atoms with van der Waals surface area (Å²) in [5.74, 6) is 0.591. The number of nitriles is 1. The minimum absolute atomic E-state index is 0.0708. The minimum Gasteiger partial charge on any atom is -0.325 e. The second-order valence-electron chi connectivity index (χ2n) is 2.93. The van der Waals surface area contributed by atoms with E-state index in [9.17, 15) is 4.79 Å². The highest BCUT2D eigenvalue weighted by atomic mass is 32.2. The van der Waals surface area contributed by atoms with E-state index < -0.39 is 0 Å². The monoisotopic (exact) mass is 252 g/mol. The van der Waals surface area contributed by atoms with Crippen molar-refractivity contribution in [3.63, 3.8) is 0 Å². The number of nitrogens with zero attached hydrogens (tertiary/aromatic N) is 1. The Hall–Kier alpha value is -1.12. The minimum atomic E-state index is -0.0708. The Kier molecular flexibility index (Phi) is 5.83. The van der Waals surface area contributed by atoms with Crippen molar-refractivity contribution in [1.29, 1.82) is 5.26 Å². The largest absolute Gasteiger partial charge is 0.325 e. The Morgan fingerprint density at radius 3 is 3.06 bits per heavy atom. The first-order chi connectivity index (χ1) is 7.76. The highest BCUT2D eigenvalue weighted by Gasteiger charge is 2.02. The van der Waals surface area contributed by atoms with Crippen LogP contribution in [0.25, 0.3) is 0 Å². The fourth-order valence-corrected chi connectivity index (χ4v) is 2.00. The van der Waals surface area contributed by atoms with Crippen LogP contribution in [0.15, 0.2) is 29.2 Å². The zero-order valence-electron chi connectivity index (χ0n) is 8.90. The fourth-order valence-electron chi connectivity index (χ4n) is 1.09. The molecule has 5 heteroatoms. The summed E-state index contributed by atoms with van der Waals surface area (Å²) in [5, 5.41) is 11.1. The molecule has 0 atom stereocenters. The molecule has 0 saturated carbocycles. The van der Waals surface area contributed by atoms with Crippen LogP contribution in [-0.4, -0.2) is 23.7 Å². The van der Waals surface area contributed by atoms with E-state index in [-0.39, 0.29) is 5.91 Å². The molecule has 0 heterocycles. The summed E-state index contributed by atoms with van der Waals surface area (Å²) < 4.78 is 0. The number of carbonyl (C=O) groups excluding carboxylic acids is 1. The van der Waals surface area contributed by atoms with E-state index in [1.54, 1.807) is 11.8 Å². The van der Waals surface area contributed by atoms with Gasteiger partial charge in [-0.25, -0.2) is 0 Å². The summed E-state index contributed by atoms with van der Waals surface area (Å²) in [6, 6.07) is 9.66. The second kappa shape index (κ2) is 7.20. The topological polar surface area (TPSA) is 52.9 Å². The van der Waals surface area contributed by atoms with Crippen LogP contribution in [0, 0.1) is 11.3 Å². The summed E-state index contributed by atoms with van der Waals surface area (Å²) >= 11 is 2.94. The standard InChI is InChI=1S/C11H12N2OS2/c1-15-10-4-2-3-9(7-10)13-11(14)8-16-6-5-12/h2-4,7H,6,8H2,1H3,(H,13,14). The van der Waals surface area contributed by atoms with E-state index >= 15 is 0 Å². The number of hydrogen-bond acceptors (Lipinski definition) is 4. The van der Waals surface area contributed by atoms with Gasteiger partial charge in [-0.3, -0.25) is 4.79 Å². The van der Waals surface area contributed by atoms with Crippen LogP contribution in [0.1, 0.15) is 0 Å². The molecule has 84 valence electrons. The zero-order valence-corrected chi connectivity index (χ0v) is 10.5. The van der Waals surface area contributed by atoms with E-state index in [4.69, 9.17) is 5.26 Å². The Morgan fingerprint density at radius 1 is 1.56 bits per heavy atom. The molecule has 0 saturated heterocycles. The number of thioether (sulfide) groups is 2. The van der Waals surface area contributed by atoms with E-state index in [1.807, 2.05) is 36.6 Å². The Labute approximate surface area is 104 Å². The van der Waals surface area contributed by atoms with E-state index in [2.05, 4.69) is 5.32 Å². The van der Waals surface area contributed by atoms with Crippen molar-refractivity contribution in [2.45, 2.75) is 4.90 Å². The normalized spacial score (nSPS) is 9.50. The molecule has 1 N–H and O–H groups in total. The third-order valence-electron chi connectivity index (χ3n) is 1.75. The van der Waals surface area contributed by atoms with Crippen molar-refractivity contribution in [3.8, 4) is 6.07 Å². The van der Waals surface area contributed by atoms with E-state index in [0.29, 0.717) is 11.5 Å². The lowest BCUT2D eigenvalue weighted by atomic mass is 10.3. The molecule has 3 nitrogen and oxygen atoms in total. The van der Waals surface area contributed by atoms with Gasteiger partial charge in [0.05, 0.1) is 17.6 Å². The highest BCUT2D eigenvalue weighted by Crippen LogP contribution is 2.19. The van der Waals surface area contributed by atoms with Gasteiger partial charge < -0.3 is 5.32 Å². The first kappa shape index (κ1) is 12.9. The third-order valence-corrected chi connectivity index (χ3v) is 3.28. The van der Waals surface area contributed by atoms with Gasteiger partial charge in [0.15, 0.2) is 0 Å². The summed E-state index contributed by atoms with van der Waals surface area (Å²) in [7, 11) is 0. The Bertz CT molecular complexity index is 401. The quantitative estimate of drug-likeness (QED) is 0.646. The molecule has 0 unspecified atom stereocenters. The van der Waals surface area contributed by atoms with Gasteiger partial charge in [0.1, 0.15) is 0 Å². The van der Waals surface area contributed by atoms with Crippen molar-refractivity contribution in [2.24, 2.45) is 0 Å². The second-order valence-corrected chi connectivity index (χ2v) is 4.80. The van der Waals surface area contributed by atoms with Gasteiger partial charge in [-0.2, -0.15) is 5.26 Å². The molecule has 0 aliphatic heterocycles. The smallest absolute Gasteiger partial charge is 0.234 e. The SMILES string of the molecule is CSc1cccc(NC(=O)CSCC#N)c1. The van der Waals surface area contributed by atoms with Crippen molar-refractivity contribution in [2.75, 3.05) is 23.1 Å². The summed E-state index contributed by atoms with van der Waals surface area (Å²) in [6.07, 6.45) is 1.99. The van der Waals surface area contributed by atoms with Gasteiger partial charge in [0.2, 0.25) is 5.91 Å². The highest BCUT2D eigenvalue weighted by molar-refractivity contribution is 8.00. The Morgan fingerprint density at radius 2 is 2.38 bits per heavy atom. The molecule has 0 aliphatic rings. The number of amides is 1. The third kappa shape index (κ3) is 4.60. The van der Waals surface area contributed by atoms with E-state index in [0.717, 1.165) is 10.6 Å². The fraction of sp³-hybridized carbons (Fsp3) is 0.273. The van der Waals surface area contributed by atoms with Crippen LogP contribution < -0.4 is 5.32 Å². The van der Waals surface area contributed by atoms with Gasteiger partial charge in [-0.05, 0) is 24.5 Å². The van der Waals surface area contributed by atoms with Crippen molar-refractivity contribution in [3.05, 3.63) is 24.3 Å². The molecule has 0 fully saturated rings. The van der Waals surface area contributed by atoms with Crippen LogP contribution in [0.5, 0.6) is 0 Å². The molecule has 0 radical (unpaired) electrons. The number of benzene rings is 1. The maximum Gasteiger partial charge on any atom is 0.234 e. The van der Waals surface area contributed by atoms with Crippen LogP contribution in [-0.2, 0) is 4.79 Å².